The molecule has 0 heterocycles. The zero-order valence-electron chi connectivity index (χ0n) is 7.13. The monoisotopic (exact) mass is 210 g/mol. The summed E-state index contributed by atoms with van der Waals surface area (Å²) in [5.74, 6) is 2.51. The molecule has 0 bridgehead atoms. The van der Waals surface area contributed by atoms with Crippen molar-refractivity contribution in [3.63, 3.8) is 0 Å². The first-order chi connectivity index (χ1) is 5.93. The third-order valence-corrected chi connectivity index (χ3v) is 1.38. The van der Waals surface area contributed by atoms with Gasteiger partial charge in [0.25, 0.3) is 0 Å². The Kier molecular flexibility index (Phi) is 6.73. The van der Waals surface area contributed by atoms with Gasteiger partial charge in [-0.05, 0) is 0 Å². The average Bonchev–Trinajstić information content (AvgIpc) is 2.81. The first-order valence-corrected chi connectivity index (χ1v) is 3.78. The van der Waals surface area contributed by atoms with E-state index in [0.29, 0.717) is 0 Å². The van der Waals surface area contributed by atoms with Gasteiger partial charge >= 0.3 is 0 Å². The molecule has 0 amide bonds. The van der Waals surface area contributed by atoms with E-state index in [9.17, 15) is 0 Å². The molecule has 0 aliphatic rings. The van der Waals surface area contributed by atoms with Gasteiger partial charge in [0.15, 0.2) is 0 Å². The molecular weight excluding hydrogens is 200 g/mol. The Morgan fingerprint density at radius 1 is 1.08 bits per heavy atom. The zero-order valence-corrected chi connectivity index (χ0v) is 8.23. The first kappa shape index (κ1) is 11.8. The number of hydrogen-bond acceptors (Lipinski definition) is 0. The van der Waals surface area contributed by atoms with Crippen LogP contribution in [-0.2, 0) is 17.1 Å². The van der Waals surface area contributed by atoms with Crippen LogP contribution >= 0.6 is 0 Å². The maximum atomic E-state index is 5.04. The van der Waals surface area contributed by atoms with E-state index in [1.54, 1.807) is 0 Å². The van der Waals surface area contributed by atoms with E-state index in [4.69, 9.17) is 6.42 Å². The normalized spacial score (nSPS) is 7.31. The number of terminal acetylenes is 1. The summed E-state index contributed by atoms with van der Waals surface area (Å²) < 4.78 is 0. The molecule has 0 nitrogen and oxygen atoms in total. The van der Waals surface area contributed by atoms with Crippen molar-refractivity contribution >= 4 is 0 Å². The Morgan fingerprint density at radius 2 is 1.77 bits per heavy atom. The van der Waals surface area contributed by atoms with Gasteiger partial charge in [0.1, 0.15) is 0 Å². The fourth-order valence-corrected chi connectivity index (χ4v) is 0.791. The van der Waals surface area contributed by atoms with Crippen molar-refractivity contribution < 1.29 is 17.1 Å². The molecule has 0 aliphatic heterocycles. The van der Waals surface area contributed by atoms with Gasteiger partial charge in [-0.1, -0.05) is 0 Å². The van der Waals surface area contributed by atoms with Gasteiger partial charge in [0.2, 0.25) is 0 Å². The molecule has 0 aromatic heterocycles. The molecule has 0 aliphatic carbocycles. The molecule has 0 unspecified atom stereocenters. The second-order valence-electron chi connectivity index (χ2n) is 2.28. The van der Waals surface area contributed by atoms with Crippen molar-refractivity contribution in [3.05, 3.63) is 60.2 Å². The third kappa shape index (κ3) is 5.09. The Morgan fingerprint density at radius 3 is 2.00 bits per heavy atom. The maximum absolute atomic E-state index is 5.04. The Bertz CT molecular complexity index is 291. The molecule has 0 radical (unpaired) electrons. The van der Waals surface area contributed by atoms with E-state index >= 15 is 0 Å². The molecule has 68 valence electrons. The summed E-state index contributed by atoms with van der Waals surface area (Å²) in [6, 6.07) is 17.7. The summed E-state index contributed by atoms with van der Waals surface area (Å²) >= 11 is 0. The minimum Gasteiger partial charge on any atom is -0.214 e. The molecule has 0 atom stereocenters. The van der Waals surface area contributed by atoms with Crippen molar-refractivity contribution in [1.82, 2.24) is 0 Å². The van der Waals surface area contributed by atoms with Crippen LogP contribution in [0.5, 0.6) is 0 Å². The van der Waals surface area contributed by atoms with Gasteiger partial charge in [0.05, 0.1) is 0 Å². The first-order valence-electron chi connectivity index (χ1n) is 3.78. The Labute approximate surface area is 89.8 Å². The van der Waals surface area contributed by atoms with E-state index in [1.807, 2.05) is 54.6 Å². The molecule has 0 saturated carbocycles. The van der Waals surface area contributed by atoms with Gasteiger partial charge in [-0.3, -0.25) is 0 Å². The maximum Gasteiger partial charge on any atom is 0 e. The number of hydrogen-bond donors (Lipinski definition) is 0. The zero-order chi connectivity index (χ0) is 8.65. The van der Waals surface area contributed by atoms with Gasteiger partial charge in [-0.25, -0.2) is 12.1 Å². The van der Waals surface area contributed by atoms with E-state index in [0.717, 1.165) is 5.56 Å². The van der Waals surface area contributed by atoms with Gasteiger partial charge in [0, 0.05) is 17.1 Å². The van der Waals surface area contributed by atoms with Crippen LogP contribution in [0.3, 0.4) is 0 Å². The Balaban J connectivity index is 0.000000215. The van der Waals surface area contributed by atoms with Gasteiger partial charge < -0.3 is 0 Å². The SMILES string of the molecule is C#Cc1cc[cH-]c1.[Fe].c1cc[cH-]c1. The van der Waals surface area contributed by atoms with E-state index in [-0.39, 0.29) is 17.1 Å². The topological polar surface area (TPSA) is 0 Å². The molecule has 0 spiro atoms. The molecule has 0 saturated heterocycles. The summed E-state index contributed by atoms with van der Waals surface area (Å²) in [6.07, 6.45) is 5.04. The van der Waals surface area contributed by atoms with Crippen molar-refractivity contribution in [3.8, 4) is 12.3 Å². The summed E-state index contributed by atoms with van der Waals surface area (Å²) in [5.41, 5.74) is 0.958. The van der Waals surface area contributed by atoms with Crippen molar-refractivity contribution in [2.45, 2.75) is 0 Å². The second-order valence-corrected chi connectivity index (χ2v) is 2.28. The van der Waals surface area contributed by atoms with Crippen LogP contribution in [0.4, 0.5) is 0 Å². The predicted octanol–water partition coefficient (Wildman–Crippen LogP) is 2.79. The third-order valence-electron chi connectivity index (χ3n) is 1.38. The van der Waals surface area contributed by atoms with E-state index in [2.05, 4.69) is 5.92 Å². The fraction of sp³-hybridized carbons (Fsp3) is 0. The van der Waals surface area contributed by atoms with Crippen LogP contribution in [0.15, 0.2) is 54.6 Å². The van der Waals surface area contributed by atoms with Crippen LogP contribution in [0.25, 0.3) is 0 Å². The minimum absolute atomic E-state index is 0. The fourth-order valence-electron chi connectivity index (χ4n) is 0.791. The van der Waals surface area contributed by atoms with Crippen molar-refractivity contribution in [1.29, 1.82) is 0 Å². The molecular formula is C12H10Fe-2. The Hall–Kier alpha value is -1.22. The van der Waals surface area contributed by atoms with Crippen LogP contribution in [0, 0.1) is 12.3 Å². The predicted molar refractivity (Wildman–Crippen MR) is 52.0 cm³/mol. The second kappa shape index (κ2) is 7.43. The largest absolute Gasteiger partial charge is 0.214 e. The standard InChI is InChI=1S/C7H5.C5H5.Fe/c1-2-7-5-3-4-6-7;1-2-4-5-3-1;/h1,3-6H;1-5H;/q2*-1;. The van der Waals surface area contributed by atoms with Crippen molar-refractivity contribution in [2.24, 2.45) is 0 Å². The molecule has 2 aromatic carbocycles. The minimum atomic E-state index is 0. The molecule has 0 N–H and O–H groups in total. The van der Waals surface area contributed by atoms with Crippen LogP contribution < -0.4 is 0 Å². The van der Waals surface area contributed by atoms with Crippen LogP contribution in [0.1, 0.15) is 5.56 Å². The quantitative estimate of drug-likeness (QED) is 0.356. The molecule has 13 heavy (non-hydrogen) atoms. The smallest absolute Gasteiger partial charge is 0 e. The van der Waals surface area contributed by atoms with E-state index < -0.39 is 0 Å². The molecule has 2 aromatic rings. The molecule has 0 fully saturated rings. The summed E-state index contributed by atoms with van der Waals surface area (Å²) in [7, 11) is 0. The van der Waals surface area contributed by atoms with E-state index in [1.165, 1.54) is 0 Å². The summed E-state index contributed by atoms with van der Waals surface area (Å²) in [6.45, 7) is 0. The summed E-state index contributed by atoms with van der Waals surface area (Å²) in [5, 5.41) is 0. The van der Waals surface area contributed by atoms with Gasteiger partial charge in [-0.15, -0.1) is 12.0 Å². The molecule has 1 heteroatoms. The van der Waals surface area contributed by atoms with Crippen LogP contribution in [-0.4, -0.2) is 0 Å². The number of rotatable bonds is 0. The molecule has 2 rings (SSSR count). The summed E-state index contributed by atoms with van der Waals surface area (Å²) in [4.78, 5) is 0. The average molecular weight is 210 g/mol. The van der Waals surface area contributed by atoms with Gasteiger partial charge in [-0.2, -0.15) is 48.4 Å². The van der Waals surface area contributed by atoms with Crippen molar-refractivity contribution in [2.75, 3.05) is 0 Å². The van der Waals surface area contributed by atoms with Crippen LogP contribution in [0.2, 0.25) is 0 Å².